The molecule has 178 valence electrons. The summed E-state index contributed by atoms with van der Waals surface area (Å²) in [4.78, 5) is 17.3. The van der Waals surface area contributed by atoms with Crippen LogP contribution in [0.4, 0.5) is 5.69 Å². The number of nitrogens with zero attached hydrogens (tertiary/aromatic N) is 2. The van der Waals surface area contributed by atoms with E-state index < -0.39 is 10.0 Å². The molecule has 0 spiro atoms. The Balaban J connectivity index is 1.80. The normalized spacial score (nSPS) is 11.5. The predicted molar refractivity (Wildman–Crippen MR) is 130 cm³/mol. The number of sulfonamides is 1. The molecule has 0 saturated carbocycles. The zero-order chi connectivity index (χ0) is 24.0. The van der Waals surface area contributed by atoms with Crippen LogP contribution in [0.15, 0.2) is 46.5 Å². The van der Waals surface area contributed by atoms with E-state index in [0.717, 1.165) is 11.9 Å². The highest BCUT2D eigenvalue weighted by Gasteiger charge is 2.17. The zero-order valence-corrected chi connectivity index (χ0v) is 20.5. The first-order valence-electron chi connectivity index (χ1n) is 10.6. The second kappa shape index (κ2) is 10.9. The standard InChI is InChI=1S/C22H28N4O5S2/c1-4-11-26-19-9-8-16(33(23,28)29)13-17(19)25-22(26)32-14-21(27)24-18-12-15(30-5-2)7-10-20(18)31-6-3/h7-10,12-13H,4-6,11,14H2,1-3H3,(H,24,27)(H2,23,28,29). The van der Waals surface area contributed by atoms with Crippen LogP contribution in [0.1, 0.15) is 27.2 Å². The molecule has 9 nitrogen and oxygen atoms in total. The maximum absolute atomic E-state index is 12.7. The Kier molecular flexibility index (Phi) is 8.22. The third-order valence-electron chi connectivity index (χ3n) is 4.63. The van der Waals surface area contributed by atoms with E-state index in [1.54, 1.807) is 24.3 Å². The first-order valence-corrected chi connectivity index (χ1v) is 13.1. The Morgan fingerprint density at radius 2 is 1.88 bits per heavy atom. The van der Waals surface area contributed by atoms with E-state index in [-0.39, 0.29) is 16.6 Å². The number of fused-ring (bicyclic) bond motifs is 1. The summed E-state index contributed by atoms with van der Waals surface area (Å²) in [5.41, 5.74) is 1.84. The number of anilines is 1. The molecule has 0 bridgehead atoms. The number of primary sulfonamides is 1. The average molecular weight is 493 g/mol. The van der Waals surface area contributed by atoms with Gasteiger partial charge >= 0.3 is 0 Å². The van der Waals surface area contributed by atoms with Crippen molar-refractivity contribution in [2.75, 3.05) is 24.3 Å². The van der Waals surface area contributed by atoms with Gasteiger partial charge < -0.3 is 19.4 Å². The van der Waals surface area contributed by atoms with E-state index in [2.05, 4.69) is 10.3 Å². The molecule has 1 aromatic heterocycles. The van der Waals surface area contributed by atoms with Gasteiger partial charge in [0, 0.05) is 12.6 Å². The third kappa shape index (κ3) is 6.18. The summed E-state index contributed by atoms with van der Waals surface area (Å²) in [6.07, 6.45) is 0.851. The second-order valence-corrected chi connectivity index (χ2v) is 9.61. The van der Waals surface area contributed by atoms with Crippen molar-refractivity contribution < 1.29 is 22.7 Å². The van der Waals surface area contributed by atoms with Crippen molar-refractivity contribution in [1.82, 2.24) is 9.55 Å². The number of nitrogens with two attached hydrogens (primary N) is 1. The average Bonchev–Trinajstić information content (AvgIpc) is 3.11. The van der Waals surface area contributed by atoms with E-state index in [1.807, 2.05) is 25.3 Å². The van der Waals surface area contributed by atoms with Crippen molar-refractivity contribution in [3.8, 4) is 11.5 Å². The molecule has 0 aliphatic heterocycles. The number of carbonyl (C=O) groups excluding carboxylic acids is 1. The van der Waals surface area contributed by atoms with Crippen molar-refractivity contribution in [2.45, 2.75) is 43.8 Å². The van der Waals surface area contributed by atoms with Crippen molar-refractivity contribution in [3.05, 3.63) is 36.4 Å². The van der Waals surface area contributed by atoms with Crippen molar-refractivity contribution in [1.29, 1.82) is 0 Å². The monoisotopic (exact) mass is 492 g/mol. The zero-order valence-electron chi connectivity index (χ0n) is 18.8. The largest absolute Gasteiger partial charge is 0.494 e. The van der Waals surface area contributed by atoms with Gasteiger partial charge in [-0.05, 0) is 50.6 Å². The van der Waals surface area contributed by atoms with Crippen LogP contribution in [0.5, 0.6) is 11.5 Å². The lowest BCUT2D eigenvalue weighted by Gasteiger charge is -2.13. The minimum atomic E-state index is -3.83. The molecule has 3 rings (SSSR count). The Bertz CT molecular complexity index is 1240. The van der Waals surface area contributed by atoms with Crippen LogP contribution in [0, 0.1) is 0 Å². The lowest BCUT2D eigenvalue weighted by molar-refractivity contribution is -0.113. The molecular formula is C22H28N4O5S2. The number of hydrogen-bond acceptors (Lipinski definition) is 7. The van der Waals surface area contributed by atoms with Crippen LogP contribution in [0.25, 0.3) is 11.0 Å². The Labute approximate surface area is 197 Å². The van der Waals surface area contributed by atoms with Crippen molar-refractivity contribution in [3.63, 3.8) is 0 Å². The molecule has 0 aliphatic carbocycles. The van der Waals surface area contributed by atoms with Crippen LogP contribution < -0.4 is 19.9 Å². The molecule has 0 atom stereocenters. The van der Waals surface area contributed by atoms with Crippen molar-refractivity contribution >= 4 is 44.4 Å². The van der Waals surface area contributed by atoms with Gasteiger partial charge in [-0.15, -0.1) is 0 Å². The topological polar surface area (TPSA) is 126 Å². The molecule has 0 saturated heterocycles. The van der Waals surface area contributed by atoms with Gasteiger partial charge in [0.15, 0.2) is 5.16 Å². The maximum Gasteiger partial charge on any atom is 0.238 e. The molecule has 0 unspecified atom stereocenters. The van der Waals surface area contributed by atoms with E-state index in [4.69, 9.17) is 14.6 Å². The highest BCUT2D eigenvalue weighted by atomic mass is 32.2. The van der Waals surface area contributed by atoms with Gasteiger partial charge in [0.05, 0.1) is 40.6 Å². The number of imidazole rings is 1. The number of aromatic nitrogens is 2. The number of ether oxygens (including phenoxy) is 2. The molecular weight excluding hydrogens is 464 g/mol. The molecule has 1 amide bonds. The summed E-state index contributed by atoms with van der Waals surface area (Å²) in [5, 5.41) is 8.75. The highest BCUT2D eigenvalue weighted by Crippen LogP contribution is 2.30. The number of nitrogens with one attached hydrogen (secondary N) is 1. The van der Waals surface area contributed by atoms with Gasteiger partial charge in [-0.25, -0.2) is 18.5 Å². The number of hydrogen-bond donors (Lipinski definition) is 2. The van der Waals surface area contributed by atoms with Crippen LogP contribution in [0.3, 0.4) is 0 Å². The lowest BCUT2D eigenvalue weighted by Crippen LogP contribution is -2.15. The smallest absolute Gasteiger partial charge is 0.238 e. The van der Waals surface area contributed by atoms with Gasteiger partial charge in [0.1, 0.15) is 11.5 Å². The first kappa shape index (κ1) is 24.9. The van der Waals surface area contributed by atoms with Gasteiger partial charge in [0.2, 0.25) is 15.9 Å². The van der Waals surface area contributed by atoms with Crippen LogP contribution in [-0.4, -0.2) is 42.8 Å². The second-order valence-electron chi connectivity index (χ2n) is 7.10. The molecule has 2 aromatic carbocycles. The minimum absolute atomic E-state index is 0.00285. The lowest BCUT2D eigenvalue weighted by atomic mass is 10.2. The molecule has 0 fully saturated rings. The van der Waals surface area contributed by atoms with E-state index in [0.29, 0.717) is 47.6 Å². The molecule has 1 heterocycles. The fourth-order valence-corrected chi connectivity index (χ4v) is 4.65. The molecule has 3 N–H and O–H groups in total. The van der Waals surface area contributed by atoms with Gasteiger partial charge in [-0.2, -0.15) is 0 Å². The van der Waals surface area contributed by atoms with Gasteiger partial charge in [-0.3, -0.25) is 4.79 Å². The summed E-state index contributed by atoms with van der Waals surface area (Å²) in [6.45, 7) is 7.45. The summed E-state index contributed by atoms with van der Waals surface area (Å²) < 4.78 is 36.5. The number of amides is 1. The Morgan fingerprint density at radius 1 is 1.12 bits per heavy atom. The molecule has 33 heavy (non-hydrogen) atoms. The fraction of sp³-hybridized carbons (Fsp3) is 0.364. The van der Waals surface area contributed by atoms with Crippen molar-refractivity contribution in [2.24, 2.45) is 5.14 Å². The van der Waals surface area contributed by atoms with Gasteiger partial charge in [0.25, 0.3) is 0 Å². The van der Waals surface area contributed by atoms with Crippen LogP contribution in [-0.2, 0) is 21.4 Å². The van der Waals surface area contributed by atoms with E-state index >= 15 is 0 Å². The summed E-state index contributed by atoms with van der Waals surface area (Å²) in [6, 6.07) is 9.90. The van der Waals surface area contributed by atoms with Gasteiger partial charge in [-0.1, -0.05) is 18.7 Å². The predicted octanol–water partition coefficient (Wildman–Crippen LogP) is 3.62. The SMILES string of the molecule is CCCn1c(SCC(=O)Nc2cc(OCC)ccc2OCC)nc2cc(S(N)(=O)=O)ccc21. The Morgan fingerprint density at radius 3 is 2.55 bits per heavy atom. The number of thioether (sulfide) groups is 1. The highest BCUT2D eigenvalue weighted by molar-refractivity contribution is 7.99. The molecule has 0 radical (unpaired) electrons. The van der Waals surface area contributed by atoms with E-state index in [1.165, 1.54) is 23.9 Å². The maximum atomic E-state index is 12.7. The summed E-state index contributed by atoms with van der Waals surface area (Å²) in [7, 11) is -3.83. The first-order chi connectivity index (χ1) is 15.8. The van der Waals surface area contributed by atoms with Crippen LogP contribution in [0.2, 0.25) is 0 Å². The minimum Gasteiger partial charge on any atom is -0.494 e. The number of benzene rings is 2. The molecule has 0 aliphatic rings. The van der Waals surface area contributed by atoms with E-state index in [9.17, 15) is 13.2 Å². The number of carbonyl (C=O) groups is 1. The van der Waals surface area contributed by atoms with Crippen LogP contribution >= 0.6 is 11.8 Å². The molecule has 11 heteroatoms. The summed E-state index contributed by atoms with van der Waals surface area (Å²) >= 11 is 1.27. The summed E-state index contributed by atoms with van der Waals surface area (Å²) in [5.74, 6) is 1.08. The third-order valence-corrected chi connectivity index (χ3v) is 6.52. The Hall–Kier alpha value is -2.76. The quantitative estimate of drug-likeness (QED) is 0.392. The molecule has 3 aromatic rings. The fourth-order valence-electron chi connectivity index (χ4n) is 3.28. The number of rotatable bonds is 11. The number of aryl methyl sites for hydroxylation is 1.